The Balaban J connectivity index is 1.59. The van der Waals surface area contributed by atoms with Crippen molar-refractivity contribution < 1.29 is 19.3 Å². The third-order valence-corrected chi connectivity index (χ3v) is 4.04. The van der Waals surface area contributed by atoms with E-state index in [2.05, 4.69) is 5.32 Å². The molecule has 0 aromatic heterocycles. The molecule has 5 nitrogen and oxygen atoms in total. The van der Waals surface area contributed by atoms with Gasteiger partial charge in [-0.05, 0) is 37.1 Å². The van der Waals surface area contributed by atoms with Gasteiger partial charge in [0.25, 0.3) is 0 Å². The minimum atomic E-state index is -0.518. The maximum Gasteiger partial charge on any atom is 0.119 e. The van der Waals surface area contributed by atoms with E-state index >= 15 is 0 Å². The molecule has 0 amide bonds. The van der Waals surface area contributed by atoms with E-state index in [4.69, 9.17) is 14.2 Å². The number of aliphatic hydroxyl groups is 1. The van der Waals surface area contributed by atoms with E-state index in [-0.39, 0.29) is 6.61 Å². The standard InChI is InChI=1S/C19H31NO4/c1-15(2)20-13-16(21)14-24-19-9-7-18(8-10-19)23-12-11-22-17-5-3-4-6-17/h7-10,15-17,20-21H,3-6,11-14H2,1-2H3. The lowest BCUT2D eigenvalue weighted by atomic mass is 10.3. The summed E-state index contributed by atoms with van der Waals surface area (Å²) in [5.74, 6) is 1.53. The van der Waals surface area contributed by atoms with Crippen molar-refractivity contribution in [3.63, 3.8) is 0 Å². The Morgan fingerprint density at radius 1 is 1.04 bits per heavy atom. The van der Waals surface area contributed by atoms with Gasteiger partial charge < -0.3 is 24.6 Å². The summed E-state index contributed by atoms with van der Waals surface area (Å²) >= 11 is 0. The van der Waals surface area contributed by atoms with Gasteiger partial charge in [-0.1, -0.05) is 26.7 Å². The number of nitrogens with one attached hydrogen (secondary N) is 1. The number of ether oxygens (including phenoxy) is 3. The molecule has 1 aromatic rings. The van der Waals surface area contributed by atoms with Gasteiger partial charge in [0.05, 0.1) is 12.7 Å². The number of rotatable bonds is 11. The second kappa shape index (κ2) is 10.5. The minimum Gasteiger partial charge on any atom is -0.491 e. The molecule has 1 aromatic carbocycles. The molecule has 1 aliphatic carbocycles. The molecule has 0 radical (unpaired) electrons. The first kappa shape index (κ1) is 19.0. The molecule has 0 spiro atoms. The number of hydrogen-bond donors (Lipinski definition) is 2. The summed E-state index contributed by atoms with van der Waals surface area (Å²) in [6.45, 7) is 6.10. The summed E-state index contributed by atoms with van der Waals surface area (Å²) < 4.78 is 17.0. The highest BCUT2D eigenvalue weighted by Crippen LogP contribution is 2.21. The molecule has 1 saturated carbocycles. The summed E-state index contributed by atoms with van der Waals surface area (Å²) in [6.07, 6.45) is 4.86. The first-order valence-corrected chi connectivity index (χ1v) is 9.02. The molecule has 1 unspecified atom stereocenters. The van der Waals surface area contributed by atoms with Crippen LogP contribution in [0.1, 0.15) is 39.5 Å². The summed E-state index contributed by atoms with van der Waals surface area (Å²) in [6, 6.07) is 7.83. The summed E-state index contributed by atoms with van der Waals surface area (Å²) in [7, 11) is 0. The molecule has 0 saturated heterocycles. The van der Waals surface area contributed by atoms with Crippen molar-refractivity contribution in [1.29, 1.82) is 0 Å². The summed E-state index contributed by atoms with van der Waals surface area (Å²) in [5, 5.41) is 13.0. The van der Waals surface area contributed by atoms with Crippen molar-refractivity contribution in [1.82, 2.24) is 5.32 Å². The van der Waals surface area contributed by atoms with E-state index in [1.807, 2.05) is 38.1 Å². The molecule has 1 aliphatic rings. The Bertz CT molecular complexity index is 443. The monoisotopic (exact) mass is 337 g/mol. The lowest BCUT2D eigenvalue weighted by Crippen LogP contribution is -2.35. The molecule has 2 N–H and O–H groups in total. The Morgan fingerprint density at radius 2 is 1.67 bits per heavy atom. The number of benzene rings is 1. The quantitative estimate of drug-likeness (QED) is 0.608. The molecule has 0 bridgehead atoms. The van der Waals surface area contributed by atoms with Crippen LogP contribution >= 0.6 is 0 Å². The Kier molecular flexibility index (Phi) is 8.36. The van der Waals surface area contributed by atoms with Crippen LogP contribution in [-0.2, 0) is 4.74 Å². The van der Waals surface area contributed by atoms with Crippen LogP contribution in [-0.4, -0.2) is 49.7 Å². The van der Waals surface area contributed by atoms with Gasteiger partial charge in [0.15, 0.2) is 0 Å². The molecule has 24 heavy (non-hydrogen) atoms. The van der Waals surface area contributed by atoms with Crippen LogP contribution in [0.15, 0.2) is 24.3 Å². The van der Waals surface area contributed by atoms with Crippen molar-refractivity contribution in [2.75, 3.05) is 26.4 Å². The second-order valence-electron chi connectivity index (χ2n) is 6.62. The predicted octanol–water partition coefficient (Wildman–Crippen LogP) is 2.76. The van der Waals surface area contributed by atoms with Gasteiger partial charge in [-0.25, -0.2) is 0 Å². The van der Waals surface area contributed by atoms with Crippen LogP contribution in [0.4, 0.5) is 0 Å². The zero-order valence-corrected chi connectivity index (χ0v) is 14.9. The highest BCUT2D eigenvalue weighted by atomic mass is 16.5. The lowest BCUT2D eigenvalue weighted by Gasteiger charge is -2.15. The molecular formula is C19H31NO4. The highest BCUT2D eigenvalue weighted by Gasteiger charge is 2.14. The third-order valence-electron chi connectivity index (χ3n) is 4.04. The molecular weight excluding hydrogens is 306 g/mol. The lowest BCUT2D eigenvalue weighted by molar-refractivity contribution is 0.0382. The van der Waals surface area contributed by atoms with Crippen LogP contribution in [0.3, 0.4) is 0 Å². The molecule has 1 fully saturated rings. The van der Waals surface area contributed by atoms with E-state index in [1.54, 1.807) is 0 Å². The van der Waals surface area contributed by atoms with E-state index in [0.29, 0.717) is 31.9 Å². The van der Waals surface area contributed by atoms with Crippen molar-refractivity contribution in [2.45, 2.75) is 57.8 Å². The molecule has 0 aliphatic heterocycles. The average Bonchev–Trinajstić information content (AvgIpc) is 3.09. The minimum absolute atomic E-state index is 0.273. The van der Waals surface area contributed by atoms with Crippen LogP contribution < -0.4 is 14.8 Å². The van der Waals surface area contributed by atoms with Gasteiger partial charge >= 0.3 is 0 Å². The van der Waals surface area contributed by atoms with Crippen molar-refractivity contribution in [3.8, 4) is 11.5 Å². The molecule has 136 valence electrons. The Morgan fingerprint density at radius 3 is 2.29 bits per heavy atom. The fourth-order valence-corrected chi connectivity index (χ4v) is 2.68. The predicted molar refractivity (Wildman–Crippen MR) is 94.8 cm³/mol. The van der Waals surface area contributed by atoms with Crippen LogP contribution in [0, 0.1) is 0 Å². The summed E-state index contributed by atoms with van der Waals surface area (Å²) in [5.41, 5.74) is 0. The molecule has 5 heteroatoms. The van der Waals surface area contributed by atoms with Gasteiger partial charge in [-0.15, -0.1) is 0 Å². The smallest absolute Gasteiger partial charge is 0.119 e. The van der Waals surface area contributed by atoms with Crippen molar-refractivity contribution >= 4 is 0 Å². The van der Waals surface area contributed by atoms with Gasteiger partial charge in [0.1, 0.15) is 30.8 Å². The van der Waals surface area contributed by atoms with Gasteiger partial charge in [0.2, 0.25) is 0 Å². The van der Waals surface area contributed by atoms with E-state index in [9.17, 15) is 5.11 Å². The number of aliphatic hydroxyl groups excluding tert-OH is 1. The molecule has 1 atom stereocenters. The van der Waals surface area contributed by atoms with Gasteiger partial charge in [-0.2, -0.15) is 0 Å². The van der Waals surface area contributed by atoms with E-state index < -0.39 is 6.10 Å². The fourth-order valence-electron chi connectivity index (χ4n) is 2.68. The molecule has 0 heterocycles. The maximum absolute atomic E-state index is 9.82. The summed E-state index contributed by atoms with van der Waals surface area (Å²) in [4.78, 5) is 0. The fraction of sp³-hybridized carbons (Fsp3) is 0.684. The molecule has 2 rings (SSSR count). The van der Waals surface area contributed by atoms with E-state index in [0.717, 1.165) is 11.5 Å². The highest BCUT2D eigenvalue weighted by molar-refractivity contribution is 5.31. The van der Waals surface area contributed by atoms with E-state index in [1.165, 1.54) is 25.7 Å². The maximum atomic E-state index is 9.82. The van der Waals surface area contributed by atoms with Gasteiger partial charge in [0, 0.05) is 12.6 Å². The van der Waals surface area contributed by atoms with Gasteiger partial charge in [-0.3, -0.25) is 0 Å². The number of hydrogen-bond acceptors (Lipinski definition) is 5. The van der Waals surface area contributed by atoms with Crippen molar-refractivity contribution in [2.24, 2.45) is 0 Å². The normalized spacial score (nSPS) is 16.5. The first-order chi connectivity index (χ1) is 11.6. The topological polar surface area (TPSA) is 60.0 Å². The SMILES string of the molecule is CC(C)NCC(O)COc1ccc(OCCOC2CCCC2)cc1. The Labute approximate surface area is 145 Å². The average molecular weight is 337 g/mol. The zero-order chi connectivity index (χ0) is 17.2. The van der Waals surface area contributed by atoms with Crippen molar-refractivity contribution in [3.05, 3.63) is 24.3 Å². The third kappa shape index (κ3) is 7.51. The second-order valence-corrected chi connectivity index (χ2v) is 6.62. The zero-order valence-electron chi connectivity index (χ0n) is 14.9. The van der Waals surface area contributed by atoms with Crippen LogP contribution in [0.5, 0.6) is 11.5 Å². The van der Waals surface area contributed by atoms with Crippen LogP contribution in [0.2, 0.25) is 0 Å². The first-order valence-electron chi connectivity index (χ1n) is 9.02. The Hall–Kier alpha value is -1.30. The largest absolute Gasteiger partial charge is 0.491 e. The van der Waals surface area contributed by atoms with Crippen LogP contribution in [0.25, 0.3) is 0 Å².